The number of allylic oxidation sites excluding steroid dienone is 1. The van der Waals surface area contributed by atoms with Crippen LogP contribution in [0, 0.1) is 12.7 Å². The molecule has 1 aliphatic carbocycles. The summed E-state index contributed by atoms with van der Waals surface area (Å²) >= 11 is 0. The summed E-state index contributed by atoms with van der Waals surface area (Å²) in [7, 11) is 0. The van der Waals surface area contributed by atoms with Crippen molar-refractivity contribution in [2.24, 2.45) is 0 Å². The van der Waals surface area contributed by atoms with Crippen LogP contribution in [0.2, 0.25) is 0 Å². The molecule has 0 bridgehead atoms. The molecule has 188 valence electrons. The SMILES string of the molecule is CCC(=O)Nc1ncc(-c2ccc(F)cc2)n(Cc2cncc(-n3cc(C)c4c3C=CC(F)C4)c2)c1=O. The number of aromatic nitrogens is 4. The number of aryl methyl sites for hydroxylation is 1. The summed E-state index contributed by atoms with van der Waals surface area (Å²) < 4.78 is 30.9. The Morgan fingerprint density at radius 2 is 1.97 bits per heavy atom. The first kappa shape index (κ1) is 24.3. The molecule has 0 fully saturated rings. The number of hydrogen-bond donors (Lipinski definition) is 1. The largest absolute Gasteiger partial charge is 0.315 e. The minimum Gasteiger partial charge on any atom is -0.315 e. The molecule has 37 heavy (non-hydrogen) atoms. The van der Waals surface area contributed by atoms with Crippen molar-refractivity contribution in [2.75, 3.05) is 5.32 Å². The molecule has 1 N–H and O–H groups in total. The highest BCUT2D eigenvalue weighted by Crippen LogP contribution is 2.29. The van der Waals surface area contributed by atoms with Gasteiger partial charge in [0.1, 0.15) is 12.0 Å². The molecule has 4 aromatic rings. The van der Waals surface area contributed by atoms with Gasteiger partial charge in [-0.3, -0.25) is 19.1 Å². The molecule has 5 rings (SSSR count). The minimum absolute atomic E-state index is 0.0807. The van der Waals surface area contributed by atoms with E-state index in [9.17, 15) is 18.4 Å². The molecule has 1 amide bonds. The van der Waals surface area contributed by atoms with Crippen molar-refractivity contribution in [3.05, 3.63) is 99.8 Å². The summed E-state index contributed by atoms with van der Waals surface area (Å²) in [6.45, 7) is 3.77. The fraction of sp³-hybridized carbons (Fsp3) is 0.214. The number of pyridine rings is 1. The van der Waals surface area contributed by atoms with E-state index in [2.05, 4.69) is 15.3 Å². The highest BCUT2D eigenvalue weighted by atomic mass is 19.1. The van der Waals surface area contributed by atoms with Gasteiger partial charge in [-0.25, -0.2) is 13.8 Å². The van der Waals surface area contributed by atoms with E-state index in [0.717, 1.165) is 28.1 Å². The third kappa shape index (κ3) is 4.84. The lowest BCUT2D eigenvalue weighted by atomic mass is 10.00. The summed E-state index contributed by atoms with van der Waals surface area (Å²) in [5.41, 5.74) is 4.94. The standard InChI is InChI=1S/C28H25F2N5O2/c1-3-26(36)33-27-28(37)35(25(14-32-27)19-4-6-20(29)7-5-19)16-18-10-22(13-31-12-18)34-15-17(2)23-11-21(30)8-9-24(23)34/h4-10,12-15,21H,3,11,16H2,1-2H3,(H,32,33,36). The molecule has 0 spiro atoms. The molecule has 9 heteroatoms. The number of halogens is 2. The molecule has 1 aliphatic rings. The third-order valence-electron chi connectivity index (χ3n) is 6.40. The normalized spacial score (nSPS) is 14.4. The molecule has 7 nitrogen and oxygen atoms in total. The van der Waals surface area contributed by atoms with E-state index >= 15 is 0 Å². The number of alkyl halides is 1. The number of rotatable bonds is 6. The Morgan fingerprint density at radius 1 is 1.19 bits per heavy atom. The van der Waals surface area contributed by atoms with Crippen LogP contribution in [0.1, 0.15) is 35.7 Å². The predicted octanol–water partition coefficient (Wildman–Crippen LogP) is 4.85. The number of carbonyl (C=O) groups is 1. The van der Waals surface area contributed by atoms with Crippen molar-refractivity contribution in [3.63, 3.8) is 0 Å². The maximum atomic E-state index is 13.9. The van der Waals surface area contributed by atoms with Gasteiger partial charge in [-0.1, -0.05) is 6.92 Å². The number of fused-ring (bicyclic) bond motifs is 1. The van der Waals surface area contributed by atoms with Crippen LogP contribution in [0.25, 0.3) is 23.0 Å². The first-order chi connectivity index (χ1) is 17.8. The zero-order valence-corrected chi connectivity index (χ0v) is 20.4. The zero-order valence-electron chi connectivity index (χ0n) is 20.4. The Kier molecular flexibility index (Phi) is 6.52. The molecular formula is C28H25F2N5O2. The van der Waals surface area contributed by atoms with Gasteiger partial charge in [0.05, 0.1) is 30.3 Å². The Bertz CT molecular complexity index is 1570. The molecule has 0 saturated heterocycles. The lowest BCUT2D eigenvalue weighted by Crippen LogP contribution is -2.28. The van der Waals surface area contributed by atoms with Gasteiger partial charge in [-0.05, 0) is 66.1 Å². The van der Waals surface area contributed by atoms with Crippen molar-refractivity contribution < 1.29 is 13.6 Å². The van der Waals surface area contributed by atoms with Crippen LogP contribution < -0.4 is 10.9 Å². The van der Waals surface area contributed by atoms with Crippen molar-refractivity contribution in [3.8, 4) is 16.9 Å². The molecule has 3 heterocycles. The maximum Gasteiger partial charge on any atom is 0.294 e. The Balaban J connectivity index is 1.57. The van der Waals surface area contributed by atoms with Gasteiger partial charge >= 0.3 is 0 Å². The van der Waals surface area contributed by atoms with Crippen molar-refractivity contribution in [1.82, 2.24) is 19.1 Å². The summed E-state index contributed by atoms with van der Waals surface area (Å²) in [6, 6.07) is 7.67. The second kappa shape index (κ2) is 9.93. The highest BCUT2D eigenvalue weighted by Gasteiger charge is 2.20. The van der Waals surface area contributed by atoms with Crippen LogP contribution in [-0.4, -0.2) is 31.2 Å². The second-order valence-corrected chi connectivity index (χ2v) is 8.97. The molecule has 3 aromatic heterocycles. The Labute approximate surface area is 212 Å². The molecule has 1 atom stereocenters. The van der Waals surface area contributed by atoms with Gasteiger partial charge in [0.15, 0.2) is 5.82 Å². The molecular weight excluding hydrogens is 476 g/mol. The van der Waals surface area contributed by atoms with E-state index < -0.39 is 17.5 Å². The number of benzene rings is 1. The fourth-order valence-electron chi connectivity index (χ4n) is 4.48. The highest BCUT2D eigenvalue weighted by molar-refractivity contribution is 5.89. The minimum atomic E-state index is -1.00. The molecule has 0 radical (unpaired) electrons. The van der Waals surface area contributed by atoms with E-state index in [1.54, 1.807) is 43.6 Å². The van der Waals surface area contributed by atoms with Gasteiger partial charge in [-0.15, -0.1) is 0 Å². The van der Waals surface area contributed by atoms with Gasteiger partial charge in [0.2, 0.25) is 5.91 Å². The molecule has 0 aliphatic heterocycles. The topological polar surface area (TPSA) is 81.8 Å². The van der Waals surface area contributed by atoms with Gasteiger partial charge in [0.25, 0.3) is 5.56 Å². The predicted molar refractivity (Wildman–Crippen MR) is 138 cm³/mol. The Morgan fingerprint density at radius 3 is 2.73 bits per heavy atom. The van der Waals surface area contributed by atoms with E-state index in [1.165, 1.54) is 22.9 Å². The molecule has 0 saturated carbocycles. The lowest BCUT2D eigenvalue weighted by molar-refractivity contribution is -0.115. The zero-order chi connectivity index (χ0) is 26.1. The number of anilines is 1. The fourth-order valence-corrected chi connectivity index (χ4v) is 4.48. The van der Waals surface area contributed by atoms with E-state index in [0.29, 0.717) is 17.7 Å². The smallest absolute Gasteiger partial charge is 0.294 e. The number of amides is 1. The first-order valence-electron chi connectivity index (χ1n) is 12.0. The van der Waals surface area contributed by atoms with Crippen LogP contribution in [0.15, 0.2) is 66.0 Å². The van der Waals surface area contributed by atoms with Gasteiger partial charge in [0, 0.05) is 36.5 Å². The van der Waals surface area contributed by atoms with Crippen LogP contribution >= 0.6 is 0 Å². The summed E-state index contributed by atoms with van der Waals surface area (Å²) in [6.07, 6.45) is 9.67. The van der Waals surface area contributed by atoms with E-state index in [-0.39, 0.29) is 24.7 Å². The monoisotopic (exact) mass is 501 g/mol. The molecule has 1 unspecified atom stereocenters. The number of nitrogens with one attached hydrogen (secondary N) is 1. The summed E-state index contributed by atoms with van der Waals surface area (Å²) in [5.74, 6) is -0.804. The quantitative estimate of drug-likeness (QED) is 0.410. The van der Waals surface area contributed by atoms with E-state index in [4.69, 9.17) is 0 Å². The van der Waals surface area contributed by atoms with Crippen LogP contribution in [0.4, 0.5) is 14.6 Å². The summed E-state index contributed by atoms with van der Waals surface area (Å²) in [5, 5.41) is 2.55. The van der Waals surface area contributed by atoms with Crippen molar-refractivity contribution >= 4 is 17.8 Å². The van der Waals surface area contributed by atoms with Crippen molar-refractivity contribution in [1.29, 1.82) is 0 Å². The van der Waals surface area contributed by atoms with Crippen LogP contribution in [0.3, 0.4) is 0 Å². The lowest BCUT2D eigenvalue weighted by Gasteiger charge is -2.16. The maximum absolute atomic E-state index is 13.9. The van der Waals surface area contributed by atoms with Crippen LogP contribution in [-0.2, 0) is 17.8 Å². The average Bonchev–Trinajstić information content (AvgIpc) is 3.22. The number of nitrogens with zero attached hydrogens (tertiary/aromatic N) is 4. The van der Waals surface area contributed by atoms with Gasteiger partial charge in [-0.2, -0.15) is 0 Å². The van der Waals surface area contributed by atoms with E-state index in [1.807, 2.05) is 23.8 Å². The van der Waals surface area contributed by atoms with Crippen LogP contribution in [0.5, 0.6) is 0 Å². The summed E-state index contributed by atoms with van der Waals surface area (Å²) in [4.78, 5) is 33.9. The Hall–Kier alpha value is -4.40. The number of hydrogen-bond acceptors (Lipinski definition) is 4. The third-order valence-corrected chi connectivity index (χ3v) is 6.40. The first-order valence-corrected chi connectivity index (χ1v) is 12.0. The number of carbonyl (C=O) groups excluding carboxylic acids is 1. The average molecular weight is 502 g/mol. The van der Waals surface area contributed by atoms with Gasteiger partial charge < -0.3 is 9.88 Å². The van der Waals surface area contributed by atoms with Crippen molar-refractivity contribution in [2.45, 2.75) is 39.4 Å². The molecule has 1 aromatic carbocycles. The second-order valence-electron chi connectivity index (χ2n) is 8.97.